The zero-order chi connectivity index (χ0) is 23.9. The maximum Gasteiger partial charge on any atom is 0.428 e. The minimum atomic E-state index is -0.835. The van der Waals surface area contributed by atoms with Gasteiger partial charge in [0.1, 0.15) is 11.5 Å². The Morgan fingerprint density at radius 3 is 2.82 bits per heavy atom. The number of nitrogens with zero attached hydrogens (tertiary/aromatic N) is 2. The summed E-state index contributed by atoms with van der Waals surface area (Å²) in [4.78, 5) is 26.7. The summed E-state index contributed by atoms with van der Waals surface area (Å²) in [7, 11) is 0. The van der Waals surface area contributed by atoms with E-state index in [0.29, 0.717) is 54.2 Å². The van der Waals surface area contributed by atoms with Crippen LogP contribution in [0.15, 0.2) is 27.8 Å². The van der Waals surface area contributed by atoms with Crippen molar-refractivity contribution in [3.63, 3.8) is 0 Å². The number of benzene rings is 1. The zero-order valence-corrected chi connectivity index (χ0v) is 20.8. The maximum atomic E-state index is 13.6. The summed E-state index contributed by atoms with van der Waals surface area (Å²) in [6, 6.07) is 4.44. The summed E-state index contributed by atoms with van der Waals surface area (Å²) >= 11 is 3.42. The molecule has 1 atom stereocenters. The van der Waals surface area contributed by atoms with Crippen LogP contribution in [0.3, 0.4) is 0 Å². The van der Waals surface area contributed by atoms with Crippen LogP contribution >= 0.6 is 15.9 Å². The van der Waals surface area contributed by atoms with E-state index in [4.69, 9.17) is 9.47 Å². The quantitative estimate of drug-likeness (QED) is 0.599. The van der Waals surface area contributed by atoms with E-state index in [1.165, 1.54) is 12.1 Å². The van der Waals surface area contributed by atoms with Gasteiger partial charge in [-0.3, -0.25) is 0 Å². The highest BCUT2D eigenvalue weighted by atomic mass is 79.9. The van der Waals surface area contributed by atoms with E-state index in [9.17, 15) is 14.0 Å². The van der Waals surface area contributed by atoms with Crippen LogP contribution in [0.2, 0.25) is 0 Å². The summed E-state index contributed by atoms with van der Waals surface area (Å²) < 4.78 is 25.8. The molecule has 2 spiro atoms. The molecule has 2 aliphatic heterocycles. The number of ether oxygens (including phenoxy) is 2. The van der Waals surface area contributed by atoms with Crippen molar-refractivity contribution in [2.75, 3.05) is 19.7 Å². The number of halogens is 2. The van der Waals surface area contributed by atoms with Gasteiger partial charge >= 0.3 is 12.1 Å². The lowest BCUT2D eigenvalue weighted by atomic mass is 9.73. The fourth-order valence-electron chi connectivity index (χ4n) is 5.48. The summed E-state index contributed by atoms with van der Waals surface area (Å²) in [5.74, 6) is 0.0436. The molecule has 0 aromatic heterocycles. The van der Waals surface area contributed by atoms with Gasteiger partial charge in [0.15, 0.2) is 5.60 Å². The monoisotopic (exact) mass is 536 g/mol. The molecule has 3 fully saturated rings. The predicted octanol–water partition coefficient (Wildman–Crippen LogP) is 4.31. The molecule has 5 rings (SSSR count). The lowest BCUT2D eigenvalue weighted by Crippen LogP contribution is -2.53. The fourth-order valence-corrected chi connectivity index (χ4v) is 6.02. The molecule has 0 bridgehead atoms. The topological polar surface area (TPSA) is 92.3 Å². The molecular formula is C24H30BrFN4O4. The number of hydrogen-bond acceptors (Lipinski definition) is 5. The van der Waals surface area contributed by atoms with Gasteiger partial charge in [0.2, 0.25) is 0 Å². The van der Waals surface area contributed by atoms with Crippen LogP contribution in [0.1, 0.15) is 57.4 Å². The Bertz CT molecular complexity index is 1010. The highest BCUT2D eigenvalue weighted by Gasteiger charge is 2.49. The molecule has 4 aliphatic rings. The number of nitrogens with one attached hydrogen (secondary N) is 2. The number of urea groups is 1. The van der Waals surface area contributed by atoms with Gasteiger partial charge in [-0.15, -0.1) is 0 Å². The summed E-state index contributed by atoms with van der Waals surface area (Å²) in [5, 5.41) is 7.47. The first-order valence-corrected chi connectivity index (χ1v) is 12.8. The number of morpholine rings is 1. The van der Waals surface area contributed by atoms with Gasteiger partial charge in [-0.25, -0.2) is 19.4 Å². The van der Waals surface area contributed by atoms with Gasteiger partial charge in [-0.2, -0.15) is 5.10 Å². The van der Waals surface area contributed by atoms with Crippen LogP contribution in [0.5, 0.6) is 0 Å². The SMILES string of the molecule is C[C@@H](CC1CCC2(CC1)OC(=O)NN=C2c1ccc(F)cc1Br)NC(=O)N1CCOC2(CC2)C1. The largest absolute Gasteiger partial charge is 0.435 e. The van der Waals surface area contributed by atoms with Gasteiger partial charge in [0, 0.05) is 22.6 Å². The Morgan fingerprint density at radius 1 is 1.35 bits per heavy atom. The summed E-state index contributed by atoms with van der Waals surface area (Å²) in [6.07, 6.45) is 5.29. The molecule has 10 heteroatoms. The number of hydrogen-bond donors (Lipinski definition) is 2. The molecule has 2 heterocycles. The van der Waals surface area contributed by atoms with Gasteiger partial charge in [0.25, 0.3) is 0 Å². The minimum Gasteiger partial charge on any atom is -0.435 e. The van der Waals surface area contributed by atoms with Crippen LogP contribution in [0.25, 0.3) is 0 Å². The van der Waals surface area contributed by atoms with Gasteiger partial charge in [-0.05, 0) is 76.0 Å². The Balaban J connectivity index is 1.19. The normalized spacial score (nSPS) is 28.7. The van der Waals surface area contributed by atoms with Crippen LogP contribution in [0, 0.1) is 11.7 Å². The Morgan fingerprint density at radius 2 is 2.12 bits per heavy atom. The second-order valence-electron chi connectivity index (χ2n) is 10.1. The second-order valence-corrected chi connectivity index (χ2v) is 10.9. The maximum absolute atomic E-state index is 13.6. The molecule has 0 radical (unpaired) electrons. The standard InChI is InChI=1S/C24H30BrFN4O4/c1-15(27-21(31)30-10-11-33-23(14-30)8-9-23)12-16-4-6-24(7-5-16)20(28-29-22(32)34-24)18-3-2-17(26)13-19(18)25/h2-3,13,15-16H,4-12,14H2,1H3,(H,27,31)(H,29,32)/t15-,16?,24?/m0/s1. The highest BCUT2D eigenvalue weighted by Crippen LogP contribution is 2.43. The lowest BCUT2D eigenvalue weighted by Gasteiger charge is -2.42. The van der Waals surface area contributed by atoms with Crippen LogP contribution < -0.4 is 10.7 Å². The van der Waals surface area contributed by atoms with E-state index in [2.05, 4.69) is 31.8 Å². The van der Waals surface area contributed by atoms with E-state index in [1.807, 2.05) is 11.8 Å². The van der Waals surface area contributed by atoms with Crippen molar-refractivity contribution in [1.82, 2.24) is 15.6 Å². The molecular weight excluding hydrogens is 507 g/mol. The number of amides is 3. The third-order valence-corrected chi connectivity index (χ3v) is 8.13. The Kier molecular flexibility index (Phi) is 6.31. The fraction of sp³-hybridized carbons (Fsp3) is 0.625. The lowest BCUT2D eigenvalue weighted by molar-refractivity contribution is -0.0322. The smallest absolute Gasteiger partial charge is 0.428 e. The first-order chi connectivity index (χ1) is 16.3. The van der Waals surface area contributed by atoms with Crippen molar-refractivity contribution in [2.24, 2.45) is 11.0 Å². The first kappa shape index (κ1) is 23.5. The average Bonchev–Trinajstić information content (AvgIpc) is 3.54. The summed E-state index contributed by atoms with van der Waals surface area (Å²) in [5.41, 5.74) is 2.80. The Hall–Kier alpha value is -2.20. The van der Waals surface area contributed by atoms with Gasteiger partial charge < -0.3 is 19.7 Å². The average molecular weight is 537 g/mol. The van der Waals surface area contributed by atoms with Gasteiger partial charge in [0.05, 0.1) is 18.8 Å². The van der Waals surface area contributed by atoms with Crippen molar-refractivity contribution in [2.45, 2.75) is 69.1 Å². The molecule has 1 saturated heterocycles. The number of carbonyl (C=O) groups excluding carboxylic acids is 2. The molecule has 34 heavy (non-hydrogen) atoms. The molecule has 3 amide bonds. The van der Waals surface area contributed by atoms with E-state index in [0.717, 1.165) is 32.1 Å². The van der Waals surface area contributed by atoms with E-state index in [-0.39, 0.29) is 23.5 Å². The van der Waals surface area contributed by atoms with Crippen molar-refractivity contribution < 1.29 is 23.5 Å². The molecule has 2 saturated carbocycles. The van der Waals surface area contributed by atoms with E-state index in [1.54, 1.807) is 6.07 Å². The zero-order valence-electron chi connectivity index (χ0n) is 19.2. The van der Waals surface area contributed by atoms with E-state index < -0.39 is 11.7 Å². The molecule has 1 aromatic rings. The molecule has 8 nitrogen and oxygen atoms in total. The number of carbonyl (C=O) groups is 2. The second kappa shape index (κ2) is 9.11. The van der Waals surface area contributed by atoms with Gasteiger partial charge in [-0.1, -0.05) is 15.9 Å². The highest BCUT2D eigenvalue weighted by molar-refractivity contribution is 9.10. The first-order valence-electron chi connectivity index (χ1n) is 12.0. The third-order valence-electron chi connectivity index (χ3n) is 7.48. The third kappa shape index (κ3) is 4.79. The minimum absolute atomic E-state index is 0.0165. The Labute approximate surface area is 206 Å². The molecule has 184 valence electrons. The van der Waals surface area contributed by atoms with Crippen LogP contribution in [0.4, 0.5) is 14.0 Å². The van der Waals surface area contributed by atoms with Crippen LogP contribution in [-0.2, 0) is 9.47 Å². The predicted molar refractivity (Wildman–Crippen MR) is 127 cm³/mol. The number of hydrazone groups is 1. The van der Waals surface area contributed by atoms with E-state index >= 15 is 0 Å². The molecule has 1 aromatic carbocycles. The van der Waals surface area contributed by atoms with Crippen molar-refractivity contribution in [1.29, 1.82) is 0 Å². The molecule has 0 unspecified atom stereocenters. The van der Waals surface area contributed by atoms with Crippen LogP contribution in [-0.4, -0.2) is 59.7 Å². The van der Waals surface area contributed by atoms with Crippen molar-refractivity contribution in [3.8, 4) is 0 Å². The molecule has 2 aliphatic carbocycles. The molecule has 2 N–H and O–H groups in total. The van der Waals surface area contributed by atoms with Crippen molar-refractivity contribution in [3.05, 3.63) is 34.1 Å². The summed E-state index contributed by atoms with van der Waals surface area (Å²) in [6.45, 7) is 3.96. The number of rotatable bonds is 4. The van der Waals surface area contributed by atoms with Crippen molar-refractivity contribution >= 4 is 33.8 Å².